The zero-order chi connectivity index (χ0) is 15.4. The Balaban J connectivity index is 2.30. The molecule has 2 aromatic carbocycles. The lowest BCUT2D eigenvalue weighted by Gasteiger charge is -2.12. The number of methoxy groups -OCH3 is 2. The number of benzene rings is 2. The number of halogens is 1. The van der Waals surface area contributed by atoms with E-state index in [0.29, 0.717) is 17.2 Å². The zero-order valence-corrected chi connectivity index (χ0v) is 11.6. The van der Waals surface area contributed by atoms with E-state index < -0.39 is 11.7 Å². The van der Waals surface area contributed by atoms with Gasteiger partial charge in [0.2, 0.25) is 0 Å². The Morgan fingerprint density at radius 2 is 1.95 bits per heavy atom. The van der Waals surface area contributed by atoms with Gasteiger partial charge >= 0.3 is 0 Å². The highest BCUT2D eigenvalue weighted by Crippen LogP contribution is 2.31. The summed E-state index contributed by atoms with van der Waals surface area (Å²) in [5.74, 6) is -0.276. The number of nitrogens with one attached hydrogen (secondary N) is 1. The minimum Gasteiger partial charge on any atom is -0.493 e. The van der Waals surface area contributed by atoms with E-state index in [1.807, 2.05) is 0 Å². The molecule has 0 bridgehead atoms. The van der Waals surface area contributed by atoms with Crippen LogP contribution < -0.4 is 20.5 Å². The number of carbonyl (C=O) groups is 1. The van der Waals surface area contributed by atoms with Gasteiger partial charge in [0, 0.05) is 5.69 Å². The molecule has 6 heteroatoms. The summed E-state index contributed by atoms with van der Waals surface area (Å²) < 4.78 is 23.7. The maximum absolute atomic E-state index is 13.4. The van der Waals surface area contributed by atoms with Gasteiger partial charge in [0.25, 0.3) is 5.91 Å². The monoisotopic (exact) mass is 290 g/mol. The number of nitrogen functional groups attached to an aromatic ring is 1. The van der Waals surface area contributed by atoms with Crippen molar-refractivity contribution in [2.45, 2.75) is 0 Å². The molecule has 0 saturated carbocycles. The maximum Gasteiger partial charge on any atom is 0.259 e. The van der Waals surface area contributed by atoms with Gasteiger partial charge in [-0.05, 0) is 30.3 Å². The van der Waals surface area contributed by atoms with Crippen LogP contribution in [0.2, 0.25) is 0 Å². The molecule has 0 aliphatic rings. The molecule has 0 saturated heterocycles. The Morgan fingerprint density at radius 1 is 1.19 bits per heavy atom. The average molecular weight is 290 g/mol. The second-order valence-electron chi connectivity index (χ2n) is 4.23. The predicted octanol–water partition coefficient (Wildman–Crippen LogP) is 2.68. The standard InChI is InChI=1S/C15H15FN2O3/c1-20-13-5-3-4-10(14(13)21-2)15(19)18-9-6-7-12(17)11(16)8-9/h3-8H,17H2,1-2H3,(H,18,19). The van der Waals surface area contributed by atoms with Gasteiger partial charge in [-0.15, -0.1) is 0 Å². The fraction of sp³-hybridized carbons (Fsp3) is 0.133. The van der Waals surface area contributed by atoms with Gasteiger partial charge in [-0.3, -0.25) is 4.79 Å². The maximum atomic E-state index is 13.4. The summed E-state index contributed by atoms with van der Waals surface area (Å²) in [5, 5.41) is 2.58. The highest BCUT2D eigenvalue weighted by Gasteiger charge is 2.16. The van der Waals surface area contributed by atoms with E-state index in [-0.39, 0.29) is 11.3 Å². The van der Waals surface area contributed by atoms with Crippen molar-refractivity contribution in [2.75, 3.05) is 25.3 Å². The first-order chi connectivity index (χ1) is 10.1. The van der Waals surface area contributed by atoms with E-state index in [9.17, 15) is 9.18 Å². The Morgan fingerprint density at radius 3 is 2.57 bits per heavy atom. The van der Waals surface area contributed by atoms with Crippen molar-refractivity contribution in [2.24, 2.45) is 0 Å². The van der Waals surface area contributed by atoms with Crippen molar-refractivity contribution in [3.8, 4) is 11.5 Å². The van der Waals surface area contributed by atoms with Gasteiger partial charge in [0.15, 0.2) is 11.5 Å². The highest BCUT2D eigenvalue weighted by atomic mass is 19.1. The molecule has 0 atom stereocenters. The second-order valence-corrected chi connectivity index (χ2v) is 4.23. The van der Waals surface area contributed by atoms with E-state index in [1.54, 1.807) is 18.2 Å². The van der Waals surface area contributed by atoms with Crippen LogP contribution in [0.1, 0.15) is 10.4 Å². The first kappa shape index (κ1) is 14.6. The molecule has 0 radical (unpaired) electrons. The van der Waals surface area contributed by atoms with E-state index in [0.717, 1.165) is 6.07 Å². The summed E-state index contributed by atoms with van der Waals surface area (Å²) in [6.45, 7) is 0. The number of amides is 1. The number of para-hydroxylation sites is 1. The van der Waals surface area contributed by atoms with Crippen LogP contribution in [0.5, 0.6) is 11.5 Å². The first-order valence-electron chi connectivity index (χ1n) is 6.14. The fourth-order valence-corrected chi connectivity index (χ4v) is 1.87. The van der Waals surface area contributed by atoms with Gasteiger partial charge in [-0.1, -0.05) is 6.07 Å². The average Bonchev–Trinajstić information content (AvgIpc) is 2.49. The van der Waals surface area contributed by atoms with Crippen molar-refractivity contribution < 1.29 is 18.7 Å². The molecule has 110 valence electrons. The van der Waals surface area contributed by atoms with Gasteiger partial charge in [0.05, 0.1) is 25.5 Å². The molecule has 0 spiro atoms. The summed E-state index contributed by atoms with van der Waals surface area (Å²) in [6, 6.07) is 8.99. The molecule has 3 N–H and O–H groups in total. The van der Waals surface area contributed by atoms with E-state index in [1.165, 1.54) is 26.4 Å². The fourth-order valence-electron chi connectivity index (χ4n) is 1.87. The molecule has 2 aromatic rings. The van der Waals surface area contributed by atoms with E-state index in [2.05, 4.69) is 5.32 Å². The Kier molecular flexibility index (Phi) is 4.27. The van der Waals surface area contributed by atoms with Crippen molar-refractivity contribution >= 4 is 17.3 Å². The molecule has 0 unspecified atom stereocenters. The third kappa shape index (κ3) is 3.05. The van der Waals surface area contributed by atoms with Crippen LogP contribution in [0.3, 0.4) is 0 Å². The quantitative estimate of drug-likeness (QED) is 0.849. The molecule has 2 rings (SSSR count). The second kappa shape index (κ2) is 6.13. The molecule has 1 amide bonds. The number of anilines is 2. The van der Waals surface area contributed by atoms with Gasteiger partial charge < -0.3 is 20.5 Å². The Bertz CT molecular complexity index is 674. The number of nitrogens with two attached hydrogens (primary N) is 1. The van der Waals surface area contributed by atoms with Crippen molar-refractivity contribution in [1.82, 2.24) is 0 Å². The molecule has 5 nitrogen and oxygen atoms in total. The van der Waals surface area contributed by atoms with Crippen LogP contribution in [0.4, 0.5) is 15.8 Å². The number of hydrogen-bond acceptors (Lipinski definition) is 4. The number of hydrogen-bond donors (Lipinski definition) is 2. The third-order valence-corrected chi connectivity index (χ3v) is 2.91. The van der Waals surface area contributed by atoms with Gasteiger partial charge in [0.1, 0.15) is 5.82 Å². The highest BCUT2D eigenvalue weighted by molar-refractivity contribution is 6.06. The molecule has 0 heterocycles. The van der Waals surface area contributed by atoms with Crippen LogP contribution in [0, 0.1) is 5.82 Å². The van der Waals surface area contributed by atoms with Crippen LogP contribution in [-0.2, 0) is 0 Å². The largest absolute Gasteiger partial charge is 0.493 e. The molecule has 21 heavy (non-hydrogen) atoms. The van der Waals surface area contributed by atoms with Crippen molar-refractivity contribution in [3.05, 3.63) is 47.8 Å². The van der Waals surface area contributed by atoms with Crippen LogP contribution in [0.25, 0.3) is 0 Å². The van der Waals surface area contributed by atoms with Gasteiger partial charge in [-0.25, -0.2) is 4.39 Å². The Labute approximate surface area is 121 Å². The molecule has 0 aliphatic carbocycles. The number of rotatable bonds is 4. The first-order valence-corrected chi connectivity index (χ1v) is 6.14. The zero-order valence-electron chi connectivity index (χ0n) is 11.6. The summed E-state index contributed by atoms with van der Waals surface area (Å²) in [6.07, 6.45) is 0. The molecular weight excluding hydrogens is 275 g/mol. The Hall–Kier alpha value is -2.76. The SMILES string of the molecule is COc1cccc(C(=O)Nc2ccc(N)c(F)c2)c1OC. The summed E-state index contributed by atoms with van der Waals surface area (Å²) >= 11 is 0. The number of ether oxygens (including phenoxy) is 2. The van der Waals surface area contributed by atoms with E-state index >= 15 is 0 Å². The number of carbonyl (C=O) groups excluding carboxylic acids is 1. The lowest BCUT2D eigenvalue weighted by atomic mass is 10.1. The molecule has 0 aromatic heterocycles. The smallest absolute Gasteiger partial charge is 0.259 e. The molecule has 0 fully saturated rings. The summed E-state index contributed by atoms with van der Waals surface area (Å²) in [4.78, 5) is 12.3. The van der Waals surface area contributed by atoms with Crippen LogP contribution in [0.15, 0.2) is 36.4 Å². The summed E-state index contributed by atoms with van der Waals surface area (Å²) in [7, 11) is 2.92. The third-order valence-electron chi connectivity index (χ3n) is 2.91. The lowest BCUT2D eigenvalue weighted by molar-refractivity contribution is 0.102. The van der Waals surface area contributed by atoms with Crippen molar-refractivity contribution in [1.29, 1.82) is 0 Å². The molecular formula is C15H15FN2O3. The summed E-state index contributed by atoms with van der Waals surface area (Å²) in [5.41, 5.74) is 6.00. The van der Waals surface area contributed by atoms with Crippen LogP contribution >= 0.6 is 0 Å². The topological polar surface area (TPSA) is 73.6 Å². The molecule has 0 aliphatic heterocycles. The van der Waals surface area contributed by atoms with Gasteiger partial charge in [-0.2, -0.15) is 0 Å². The van der Waals surface area contributed by atoms with E-state index in [4.69, 9.17) is 15.2 Å². The van der Waals surface area contributed by atoms with Crippen molar-refractivity contribution in [3.63, 3.8) is 0 Å². The minimum atomic E-state index is -0.592. The minimum absolute atomic E-state index is 0.0203. The predicted molar refractivity (Wildman–Crippen MR) is 78.3 cm³/mol. The van der Waals surface area contributed by atoms with Crippen LogP contribution in [-0.4, -0.2) is 20.1 Å². The lowest BCUT2D eigenvalue weighted by Crippen LogP contribution is -2.14. The normalized spacial score (nSPS) is 10.0.